The molecule has 0 aliphatic carbocycles. The van der Waals surface area contributed by atoms with Gasteiger partial charge in [0, 0.05) is 23.6 Å². The van der Waals surface area contributed by atoms with Gasteiger partial charge in [0.15, 0.2) is 0 Å². The molecule has 29 heavy (non-hydrogen) atoms. The van der Waals surface area contributed by atoms with E-state index in [1.54, 1.807) is 7.11 Å². The molecule has 5 nitrogen and oxygen atoms in total. The minimum atomic E-state index is -0.0504. The number of hydrogen-bond acceptors (Lipinski definition) is 3. The third-order valence-corrected chi connectivity index (χ3v) is 4.90. The van der Waals surface area contributed by atoms with Crippen LogP contribution in [0.2, 0.25) is 0 Å². The van der Waals surface area contributed by atoms with E-state index < -0.39 is 0 Å². The molecule has 4 aromatic rings. The first kappa shape index (κ1) is 18.7. The summed E-state index contributed by atoms with van der Waals surface area (Å²) < 4.78 is 7.27. The van der Waals surface area contributed by atoms with Gasteiger partial charge in [-0.25, -0.2) is 4.98 Å². The van der Waals surface area contributed by atoms with Crippen molar-refractivity contribution in [3.05, 3.63) is 83.7 Å². The molecular weight excluding hydrogens is 362 g/mol. The third kappa shape index (κ3) is 4.14. The summed E-state index contributed by atoms with van der Waals surface area (Å²) >= 11 is 0. The molecule has 146 valence electrons. The summed E-state index contributed by atoms with van der Waals surface area (Å²) in [6.07, 6.45) is 4.34. The van der Waals surface area contributed by atoms with E-state index in [-0.39, 0.29) is 5.91 Å². The smallest absolute Gasteiger partial charge is 0.228 e. The summed E-state index contributed by atoms with van der Waals surface area (Å²) in [5.41, 5.74) is 6.76. The average Bonchev–Trinajstić information content (AvgIpc) is 3.12. The molecule has 1 amide bonds. The van der Waals surface area contributed by atoms with Gasteiger partial charge >= 0.3 is 0 Å². The molecule has 0 unspecified atom stereocenters. The van der Waals surface area contributed by atoms with Crippen molar-refractivity contribution in [2.75, 3.05) is 12.4 Å². The first-order chi connectivity index (χ1) is 14.0. The van der Waals surface area contributed by atoms with Crippen LogP contribution in [0, 0.1) is 13.8 Å². The Labute approximate surface area is 170 Å². The van der Waals surface area contributed by atoms with Crippen LogP contribution in [-0.4, -0.2) is 22.4 Å². The van der Waals surface area contributed by atoms with Crippen molar-refractivity contribution < 1.29 is 9.53 Å². The zero-order chi connectivity index (χ0) is 20.4. The molecule has 1 N–H and O–H groups in total. The van der Waals surface area contributed by atoms with Crippen molar-refractivity contribution in [3.8, 4) is 17.0 Å². The van der Waals surface area contributed by atoms with Crippen molar-refractivity contribution in [3.63, 3.8) is 0 Å². The minimum absolute atomic E-state index is 0.0504. The number of methoxy groups -OCH3 is 1. The van der Waals surface area contributed by atoms with E-state index in [0.717, 1.165) is 39.5 Å². The molecule has 0 aliphatic heterocycles. The van der Waals surface area contributed by atoms with E-state index in [0.29, 0.717) is 6.42 Å². The number of carbonyl (C=O) groups is 1. The van der Waals surface area contributed by atoms with Crippen LogP contribution in [0.5, 0.6) is 5.75 Å². The summed E-state index contributed by atoms with van der Waals surface area (Å²) in [5, 5.41) is 2.96. The van der Waals surface area contributed by atoms with Crippen LogP contribution in [0.25, 0.3) is 16.9 Å². The van der Waals surface area contributed by atoms with E-state index in [2.05, 4.69) is 29.4 Å². The number of aryl methyl sites for hydroxylation is 2. The van der Waals surface area contributed by atoms with Crippen LogP contribution in [0.1, 0.15) is 16.7 Å². The van der Waals surface area contributed by atoms with Gasteiger partial charge in [-0.1, -0.05) is 24.3 Å². The summed E-state index contributed by atoms with van der Waals surface area (Å²) in [7, 11) is 1.64. The SMILES string of the molecule is COc1ccc(CC(=O)Nc2ccc(-c3cn4ccc(C)cc4n3)cc2)cc1C. The lowest BCUT2D eigenvalue weighted by Crippen LogP contribution is -2.14. The second-order valence-electron chi connectivity index (χ2n) is 7.20. The zero-order valence-electron chi connectivity index (χ0n) is 16.8. The second-order valence-corrected chi connectivity index (χ2v) is 7.20. The molecule has 0 aliphatic rings. The van der Waals surface area contributed by atoms with Crippen molar-refractivity contribution in [2.24, 2.45) is 0 Å². The maximum absolute atomic E-state index is 12.4. The molecule has 0 saturated heterocycles. The number of rotatable bonds is 5. The van der Waals surface area contributed by atoms with Gasteiger partial charge in [0.2, 0.25) is 5.91 Å². The van der Waals surface area contributed by atoms with Crippen molar-refractivity contribution in [1.82, 2.24) is 9.38 Å². The molecule has 0 saturated carbocycles. The number of amides is 1. The molecule has 0 spiro atoms. The normalized spacial score (nSPS) is 10.9. The van der Waals surface area contributed by atoms with Crippen molar-refractivity contribution in [2.45, 2.75) is 20.3 Å². The molecule has 4 rings (SSSR count). The number of aromatic nitrogens is 2. The summed E-state index contributed by atoms with van der Waals surface area (Å²) in [6, 6.07) is 17.7. The molecule has 0 radical (unpaired) electrons. The third-order valence-electron chi connectivity index (χ3n) is 4.90. The molecule has 0 bridgehead atoms. The van der Waals surface area contributed by atoms with Gasteiger partial charge in [-0.15, -0.1) is 0 Å². The number of imidazole rings is 1. The van der Waals surface area contributed by atoms with Gasteiger partial charge in [-0.2, -0.15) is 0 Å². The Kier molecular flexibility index (Phi) is 5.04. The second kappa shape index (κ2) is 7.80. The number of nitrogens with one attached hydrogen (secondary N) is 1. The van der Waals surface area contributed by atoms with Crippen LogP contribution < -0.4 is 10.1 Å². The first-order valence-electron chi connectivity index (χ1n) is 9.51. The van der Waals surface area contributed by atoms with Gasteiger partial charge in [-0.05, 0) is 60.9 Å². The van der Waals surface area contributed by atoms with E-state index in [1.807, 2.05) is 66.2 Å². The molecule has 2 aromatic carbocycles. The monoisotopic (exact) mass is 385 g/mol. The summed E-state index contributed by atoms with van der Waals surface area (Å²) in [5.74, 6) is 0.775. The average molecular weight is 385 g/mol. The van der Waals surface area contributed by atoms with E-state index in [4.69, 9.17) is 4.74 Å². The topological polar surface area (TPSA) is 55.6 Å². The molecule has 5 heteroatoms. The van der Waals surface area contributed by atoms with E-state index >= 15 is 0 Å². The lowest BCUT2D eigenvalue weighted by molar-refractivity contribution is -0.115. The quantitative estimate of drug-likeness (QED) is 0.536. The van der Waals surface area contributed by atoms with Crippen LogP contribution in [-0.2, 0) is 11.2 Å². The highest BCUT2D eigenvalue weighted by Gasteiger charge is 2.08. The fourth-order valence-corrected chi connectivity index (χ4v) is 3.39. The number of carbonyl (C=O) groups excluding carboxylic acids is 1. The Morgan fingerprint density at radius 1 is 1.07 bits per heavy atom. The fourth-order valence-electron chi connectivity index (χ4n) is 3.39. The van der Waals surface area contributed by atoms with E-state index in [9.17, 15) is 4.79 Å². The Bertz CT molecular complexity index is 1180. The van der Waals surface area contributed by atoms with Gasteiger partial charge in [-0.3, -0.25) is 4.79 Å². The number of fused-ring (bicyclic) bond motifs is 1. The van der Waals surface area contributed by atoms with Gasteiger partial charge < -0.3 is 14.5 Å². The molecule has 2 aromatic heterocycles. The highest BCUT2D eigenvalue weighted by Crippen LogP contribution is 2.22. The van der Waals surface area contributed by atoms with Gasteiger partial charge in [0.05, 0.1) is 19.2 Å². The molecule has 0 fully saturated rings. The molecular formula is C24H23N3O2. The standard InChI is InChI=1S/C24H23N3O2/c1-16-10-11-27-15-21(26-23(27)12-16)19-5-7-20(8-6-19)25-24(28)14-18-4-9-22(29-3)17(2)13-18/h4-13,15H,14H2,1-3H3,(H,25,28). The number of hydrogen-bond donors (Lipinski definition) is 1. The van der Waals surface area contributed by atoms with Crippen LogP contribution in [0.3, 0.4) is 0 Å². The van der Waals surface area contributed by atoms with Crippen LogP contribution in [0.4, 0.5) is 5.69 Å². The van der Waals surface area contributed by atoms with Crippen LogP contribution >= 0.6 is 0 Å². The minimum Gasteiger partial charge on any atom is -0.496 e. The maximum atomic E-state index is 12.4. The lowest BCUT2D eigenvalue weighted by Gasteiger charge is -2.09. The summed E-state index contributed by atoms with van der Waals surface area (Å²) in [6.45, 7) is 4.03. The lowest BCUT2D eigenvalue weighted by atomic mass is 10.1. The predicted octanol–water partition coefficient (Wildman–Crippen LogP) is 4.81. The Morgan fingerprint density at radius 3 is 2.59 bits per heavy atom. The number of anilines is 1. The highest BCUT2D eigenvalue weighted by molar-refractivity contribution is 5.92. The number of benzene rings is 2. The Morgan fingerprint density at radius 2 is 1.86 bits per heavy atom. The van der Waals surface area contributed by atoms with Crippen molar-refractivity contribution in [1.29, 1.82) is 0 Å². The Hall–Kier alpha value is -3.60. The summed E-state index contributed by atoms with van der Waals surface area (Å²) in [4.78, 5) is 17.1. The predicted molar refractivity (Wildman–Crippen MR) is 115 cm³/mol. The van der Waals surface area contributed by atoms with Gasteiger partial charge in [0.1, 0.15) is 11.4 Å². The van der Waals surface area contributed by atoms with Crippen molar-refractivity contribution >= 4 is 17.2 Å². The van der Waals surface area contributed by atoms with Crippen LogP contribution in [0.15, 0.2) is 67.0 Å². The Balaban J connectivity index is 1.44. The maximum Gasteiger partial charge on any atom is 0.228 e. The number of pyridine rings is 1. The molecule has 0 atom stereocenters. The number of nitrogens with zero attached hydrogens (tertiary/aromatic N) is 2. The fraction of sp³-hybridized carbons (Fsp3) is 0.167. The van der Waals surface area contributed by atoms with E-state index in [1.165, 1.54) is 5.56 Å². The number of ether oxygens (including phenoxy) is 1. The zero-order valence-corrected chi connectivity index (χ0v) is 16.8. The first-order valence-corrected chi connectivity index (χ1v) is 9.51. The highest BCUT2D eigenvalue weighted by atomic mass is 16.5. The largest absolute Gasteiger partial charge is 0.496 e. The van der Waals surface area contributed by atoms with Gasteiger partial charge in [0.25, 0.3) is 0 Å². The molecule has 2 heterocycles.